The molecule has 8 fully saturated rings. The lowest BCUT2D eigenvalue weighted by Gasteiger charge is -2.55. The molecule has 0 unspecified atom stereocenters. The van der Waals surface area contributed by atoms with Crippen LogP contribution in [0.3, 0.4) is 0 Å². The number of benzene rings is 6. The predicted octanol–water partition coefficient (Wildman–Crippen LogP) is 20.4. The third-order valence-corrected chi connectivity index (χ3v) is 23.5. The van der Waals surface area contributed by atoms with Crippen LogP contribution < -0.4 is 0 Å². The zero-order valence-corrected chi connectivity index (χ0v) is 55.7. The van der Waals surface area contributed by atoms with Crippen molar-refractivity contribution < 1.29 is 48.2 Å². The van der Waals surface area contributed by atoms with Crippen LogP contribution in [-0.2, 0) is 40.9 Å². The van der Waals surface area contributed by atoms with Gasteiger partial charge in [-0.15, -0.1) is 1.43 Å². The normalized spacial score (nSPS) is 23.8. The first-order valence-electron chi connectivity index (χ1n) is 30.5. The van der Waals surface area contributed by atoms with Gasteiger partial charge in [0.1, 0.15) is 0 Å². The molecular weight excluding hydrogens is 1350 g/mol. The van der Waals surface area contributed by atoms with Crippen molar-refractivity contribution in [2.24, 2.45) is 52.3 Å². The highest BCUT2D eigenvalue weighted by atomic mass is 127. The number of ether oxygens (including phenoxy) is 2. The molecule has 85 heavy (non-hydrogen) atoms. The number of hydrogen-bond donors (Lipinski definition) is 0. The molecule has 14 rings (SSSR count). The van der Waals surface area contributed by atoms with Gasteiger partial charge in [0, 0.05) is 21.0 Å². The maximum Gasteiger partial charge on any atom is 0.312 e. The molecule has 0 amide bonds. The van der Waals surface area contributed by atoms with Crippen LogP contribution >= 0.6 is 45.2 Å². The molecule has 0 aliphatic heterocycles. The quantitative estimate of drug-likeness (QED) is 0.0443. The van der Waals surface area contributed by atoms with E-state index >= 15 is 0 Å². The largest absolute Gasteiger partial charge is 0.870 e. The smallest absolute Gasteiger partial charge is 0.312 e. The van der Waals surface area contributed by atoms with Gasteiger partial charge in [-0.05, 0) is 261 Å². The van der Waals surface area contributed by atoms with Crippen molar-refractivity contribution in [3.63, 3.8) is 0 Å². The van der Waals surface area contributed by atoms with E-state index in [-0.39, 0.29) is 38.4 Å². The summed E-state index contributed by atoms with van der Waals surface area (Å²) in [4.78, 5) is 32.5. The van der Waals surface area contributed by atoms with E-state index in [1.807, 2.05) is 0 Å². The molecule has 6 aromatic carbocycles. The van der Waals surface area contributed by atoms with E-state index in [0.717, 1.165) is 58.3 Å². The molecule has 0 aromatic heterocycles. The van der Waals surface area contributed by atoms with Gasteiger partial charge in [0.05, 0.1) is 32.6 Å². The van der Waals surface area contributed by atoms with E-state index in [2.05, 4.69) is 237 Å². The van der Waals surface area contributed by atoms with Crippen molar-refractivity contribution in [1.82, 2.24) is 0 Å². The Morgan fingerprint density at radius 3 is 0.859 bits per heavy atom. The van der Waals surface area contributed by atoms with Crippen LogP contribution in [0, 0.1) is 59.4 Å². The Kier molecular flexibility index (Phi) is 26.2. The number of hydrogen-bond acceptors (Lipinski definition) is 5. The minimum absolute atomic E-state index is 0. The lowest BCUT2D eigenvalue weighted by atomic mass is 9.49. The lowest BCUT2D eigenvalue weighted by molar-refractivity contribution is -0.180. The number of esters is 2. The van der Waals surface area contributed by atoms with Gasteiger partial charge >= 0.3 is 11.9 Å². The minimum atomic E-state index is -2.92. The van der Waals surface area contributed by atoms with E-state index < -0.39 is 35.9 Å². The van der Waals surface area contributed by atoms with Crippen LogP contribution in [0.5, 0.6) is 0 Å². The first-order chi connectivity index (χ1) is 40.8. The average Bonchev–Trinajstić information content (AvgIpc) is 1.44. The molecule has 8 saturated carbocycles. The fourth-order valence-corrected chi connectivity index (χ4v) is 19.3. The van der Waals surface area contributed by atoms with E-state index in [9.17, 15) is 27.2 Å². The van der Waals surface area contributed by atoms with Crippen LogP contribution in [0.4, 0.5) is 22.3 Å². The summed E-state index contributed by atoms with van der Waals surface area (Å²) < 4.78 is 68.0. The second-order valence-corrected chi connectivity index (χ2v) is 31.1. The van der Waals surface area contributed by atoms with Crippen molar-refractivity contribution in [1.29, 1.82) is 0 Å². The maximum atomic E-state index is 12.8. The summed E-state index contributed by atoms with van der Waals surface area (Å²) in [5, 5.41) is 0. The second-order valence-electron chi connectivity index (χ2n) is 24.6. The number of alkyl halides is 4. The number of rotatable bonds is 15. The topological polar surface area (TPSA) is 82.6 Å². The zero-order valence-electron chi connectivity index (χ0n) is 50.8. The van der Waals surface area contributed by atoms with Crippen molar-refractivity contribution in [2.75, 3.05) is 13.2 Å². The Bertz CT molecular complexity index is 2590. The van der Waals surface area contributed by atoms with Crippen LogP contribution in [0.1, 0.15) is 132 Å². The van der Waals surface area contributed by atoms with E-state index in [1.54, 1.807) is 0 Å². The van der Waals surface area contributed by atoms with Crippen molar-refractivity contribution in [3.05, 3.63) is 177 Å². The third kappa shape index (κ3) is 20.0. The van der Waals surface area contributed by atoms with Gasteiger partial charge < -0.3 is 15.0 Å². The molecule has 8 bridgehead atoms. The Hall–Kier alpha value is -3.97. The zero-order chi connectivity index (χ0) is 61.2. The predicted molar refractivity (Wildman–Crippen MR) is 352 cm³/mol. The average molecular weight is 1430 g/mol. The number of carbonyl (C=O) groups excluding carboxylic acids is 2. The Morgan fingerprint density at radius 2 is 0.671 bits per heavy atom. The number of carbonyl (C=O) groups is 2. The Balaban J connectivity index is 0.000000175. The fraction of sp³-hybridized carbons (Fsp3) is 0.465. The lowest BCUT2D eigenvalue weighted by Crippen LogP contribution is -2.51. The summed E-state index contributed by atoms with van der Waals surface area (Å²) in [5.74, 6) is -1.78. The first-order valence-corrected chi connectivity index (χ1v) is 34.7. The molecule has 0 atom stereocenters. The van der Waals surface area contributed by atoms with Gasteiger partial charge in [0.25, 0.3) is 11.8 Å². The molecule has 0 saturated heterocycles. The molecule has 8 aliphatic carbocycles. The molecule has 5 nitrogen and oxygen atoms in total. The third-order valence-electron chi connectivity index (χ3n) is 17.6. The van der Waals surface area contributed by atoms with Crippen molar-refractivity contribution in [2.45, 2.75) is 172 Å². The maximum absolute atomic E-state index is 12.8. The molecule has 14 heteroatoms. The summed E-state index contributed by atoms with van der Waals surface area (Å²) in [6, 6.07) is 60.6. The monoisotopic (exact) mass is 1430 g/mol. The van der Waals surface area contributed by atoms with Crippen LogP contribution in [-0.4, -0.2) is 42.5 Å². The highest BCUT2D eigenvalue weighted by molar-refractivity contribution is 14.1. The minimum Gasteiger partial charge on any atom is -0.870 e. The van der Waals surface area contributed by atoms with Crippen molar-refractivity contribution >= 4 is 78.9 Å². The second kappa shape index (κ2) is 32.5. The molecule has 0 radical (unpaired) electrons. The SMILES string of the molecule is CC(F)(F)COC(=O)C12CC3CC(CC(C3)C1)C2.CC(F)(F)COC(=O)C12CC3CC(CC(C3)C1)C2.CCC(CC)CC.F.Ic1ccc([S+](c2ccccc2)c2ccccc2)cc1.Ic1ccc([S+](c2ccccc2)c2ccccc2)cc1.[3H][O-]. The standard InChI is InChI=1S/2C18H14IS.2C14H20F2O2.C7H16.FH.H2O/c2*19-15-11-13-18(14-12-15)20(16-7-3-1-4-8-16)17-9-5-2-6-10-17;2*1-13(15,16)8-18-12(17)14-5-9-2-10(6-14)4-11(3-9)7-14;1-4-7(5-2)6-3;;/h2*1-14H;2*9-11H,2-8H2,1H3;7H,4-6H2,1-3H3;1H;1H2/q2*+1;;;;;/p-1/i/hT. The van der Waals surface area contributed by atoms with E-state index in [1.165, 1.54) is 94.3 Å². The fourth-order valence-electron chi connectivity index (χ4n) is 14.5. The van der Waals surface area contributed by atoms with Gasteiger partial charge in [-0.2, -0.15) is 0 Å². The summed E-state index contributed by atoms with van der Waals surface area (Å²) >= 11 is 4.70. The molecule has 0 heterocycles. The van der Waals surface area contributed by atoms with Gasteiger partial charge in [0.15, 0.2) is 42.6 Å². The Morgan fingerprint density at radius 1 is 0.459 bits per heavy atom. The summed E-state index contributed by atoms with van der Waals surface area (Å²) in [7, 11) is -0.0525. The highest BCUT2D eigenvalue weighted by Crippen LogP contribution is 2.62. The van der Waals surface area contributed by atoms with Crippen LogP contribution in [0.25, 0.3) is 0 Å². The summed E-state index contributed by atoms with van der Waals surface area (Å²) in [6.45, 7) is 6.83. The molecule has 8 aliphatic rings. The highest BCUT2D eigenvalue weighted by Gasteiger charge is 2.57. The van der Waals surface area contributed by atoms with E-state index in [4.69, 9.17) is 15.0 Å². The molecule has 6 aromatic rings. The van der Waals surface area contributed by atoms with Gasteiger partial charge in [0.2, 0.25) is 0 Å². The molecule has 460 valence electrons. The molecule has 0 spiro atoms. The first kappa shape index (κ1) is 68.5. The van der Waals surface area contributed by atoms with Crippen LogP contribution in [0.2, 0.25) is 0 Å². The van der Waals surface area contributed by atoms with Gasteiger partial charge in [-0.25, -0.2) is 17.6 Å². The van der Waals surface area contributed by atoms with Gasteiger partial charge in [-0.3, -0.25) is 14.3 Å². The van der Waals surface area contributed by atoms with Gasteiger partial charge in [-0.1, -0.05) is 113 Å². The van der Waals surface area contributed by atoms with E-state index in [0.29, 0.717) is 35.5 Å². The summed E-state index contributed by atoms with van der Waals surface area (Å²) in [5.41, 5.74) is 6.67. The molecule has 1 N–H and O–H groups in total. The number of halogens is 7. The van der Waals surface area contributed by atoms with Crippen molar-refractivity contribution in [3.8, 4) is 0 Å². The Labute approximate surface area is 537 Å². The molecular formula is C71H86F5I2O5S2+. The van der Waals surface area contributed by atoms with Crippen LogP contribution in [0.15, 0.2) is 199 Å². The summed E-state index contributed by atoms with van der Waals surface area (Å²) in [6.07, 6.45) is 16.7.